The normalized spacial score (nSPS) is 11.9. The Labute approximate surface area is 223 Å². The molecule has 1 atom stereocenters. The first-order valence-corrected chi connectivity index (χ1v) is 12.5. The molecule has 0 spiro atoms. The molecule has 0 bridgehead atoms. The van der Waals surface area contributed by atoms with E-state index in [4.69, 9.17) is 14.3 Å². The Kier molecular flexibility index (Phi) is 8.89. The van der Waals surface area contributed by atoms with Crippen LogP contribution < -0.4 is 10.6 Å². The molecule has 192 valence electrons. The summed E-state index contributed by atoms with van der Waals surface area (Å²) in [7, 11) is 3.76. The van der Waals surface area contributed by atoms with Gasteiger partial charge in [-0.25, -0.2) is 4.68 Å². The highest BCUT2D eigenvalue weighted by atomic mass is 79.9. The van der Waals surface area contributed by atoms with Crippen LogP contribution in [-0.4, -0.2) is 54.6 Å². The van der Waals surface area contributed by atoms with Crippen LogP contribution in [0.15, 0.2) is 76.1 Å². The van der Waals surface area contributed by atoms with E-state index in [0.717, 1.165) is 45.2 Å². The number of nitrogens with one attached hydrogen (secondary N) is 2. The first kappa shape index (κ1) is 26.3. The minimum atomic E-state index is -0.529. The fourth-order valence-electron chi connectivity index (χ4n) is 4.07. The highest BCUT2D eigenvalue weighted by molar-refractivity contribution is 9.10. The molecule has 0 aliphatic carbocycles. The second-order valence-electron chi connectivity index (χ2n) is 8.34. The van der Waals surface area contributed by atoms with Crippen molar-refractivity contribution in [2.24, 2.45) is 0 Å². The van der Waals surface area contributed by atoms with Crippen molar-refractivity contribution < 1.29 is 18.7 Å². The number of ether oxygens (including phenoxy) is 1. The molecule has 0 fully saturated rings. The van der Waals surface area contributed by atoms with Crippen LogP contribution in [0.5, 0.6) is 0 Å². The van der Waals surface area contributed by atoms with Crippen LogP contribution >= 0.6 is 15.9 Å². The van der Waals surface area contributed by atoms with Crippen molar-refractivity contribution in [1.82, 2.24) is 14.7 Å². The van der Waals surface area contributed by atoms with Gasteiger partial charge in [-0.1, -0.05) is 22.0 Å². The SMILES string of the molecule is CNc1cc(CCN(C)[C@@H](OCC=O)c2cn(-c3ccc(Br)cc3)nc2-c2ccoc2)ccc1NC=O. The van der Waals surface area contributed by atoms with Gasteiger partial charge in [-0.2, -0.15) is 5.10 Å². The van der Waals surface area contributed by atoms with Gasteiger partial charge in [0.1, 0.15) is 24.8 Å². The topological polar surface area (TPSA) is 102 Å². The number of hydrogen-bond donors (Lipinski definition) is 2. The van der Waals surface area contributed by atoms with E-state index in [1.165, 1.54) is 0 Å². The standard InChI is InChI=1S/C27H28BrN5O4/c1-29-25-15-19(3-8-24(25)30-18-35)9-11-32(2)27(37-14-12-34)23-16-33(22-6-4-21(28)5-7-22)31-26(23)20-10-13-36-17-20/h3-8,10,12-13,15-18,27,29H,9,11,14H2,1-2H3,(H,30,35)/t27-/m0/s1. The lowest BCUT2D eigenvalue weighted by atomic mass is 10.1. The molecular formula is C27H28BrN5O4. The lowest BCUT2D eigenvalue weighted by Gasteiger charge is -2.27. The number of amides is 1. The van der Waals surface area contributed by atoms with Crippen molar-refractivity contribution >= 4 is 40.0 Å². The molecular weight excluding hydrogens is 538 g/mol. The molecule has 0 aliphatic heterocycles. The molecule has 0 saturated heterocycles. The van der Waals surface area contributed by atoms with Crippen molar-refractivity contribution in [2.45, 2.75) is 12.6 Å². The Morgan fingerprint density at radius 2 is 1.97 bits per heavy atom. The quantitative estimate of drug-likeness (QED) is 0.176. The maximum Gasteiger partial charge on any atom is 0.211 e. The molecule has 0 aliphatic rings. The van der Waals surface area contributed by atoms with Gasteiger partial charge in [-0.05, 0) is 61.5 Å². The van der Waals surface area contributed by atoms with Gasteiger partial charge >= 0.3 is 0 Å². The van der Waals surface area contributed by atoms with Crippen LogP contribution in [0.3, 0.4) is 0 Å². The highest BCUT2D eigenvalue weighted by Gasteiger charge is 2.26. The van der Waals surface area contributed by atoms with Crippen LogP contribution in [0.1, 0.15) is 17.4 Å². The Morgan fingerprint density at radius 3 is 2.65 bits per heavy atom. The van der Waals surface area contributed by atoms with Crippen LogP contribution in [0.2, 0.25) is 0 Å². The number of likely N-dealkylation sites (N-methyl/N-ethyl adjacent to an activating group) is 1. The number of halogens is 1. The van der Waals surface area contributed by atoms with Crippen molar-refractivity contribution in [1.29, 1.82) is 0 Å². The molecule has 2 aromatic heterocycles. The van der Waals surface area contributed by atoms with Gasteiger partial charge < -0.3 is 24.6 Å². The maximum absolute atomic E-state index is 11.2. The number of benzene rings is 2. The van der Waals surface area contributed by atoms with Crippen molar-refractivity contribution in [3.05, 3.63) is 82.9 Å². The first-order valence-electron chi connectivity index (χ1n) is 11.7. The summed E-state index contributed by atoms with van der Waals surface area (Å²) in [6, 6.07) is 15.5. The summed E-state index contributed by atoms with van der Waals surface area (Å²) in [5, 5.41) is 10.6. The molecule has 4 rings (SSSR count). The Bertz CT molecular complexity index is 1320. The average Bonchev–Trinajstić information content (AvgIpc) is 3.59. The molecule has 1 amide bonds. The number of rotatable bonds is 13. The number of nitrogens with zero attached hydrogens (tertiary/aromatic N) is 3. The van der Waals surface area contributed by atoms with E-state index < -0.39 is 6.23 Å². The molecule has 4 aromatic rings. The van der Waals surface area contributed by atoms with Crippen LogP contribution in [0.25, 0.3) is 16.9 Å². The molecule has 2 aromatic carbocycles. The molecule has 37 heavy (non-hydrogen) atoms. The summed E-state index contributed by atoms with van der Waals surface area (Å²) < 4.78 is 14.1. The summed E-state index contributed by atoms with van der Waals surface area (Å²) in [5.41, 5.74) is 5.86. The zero-order chi connectivity index (χ0) is 26.2. The molecule has 0 unspecified atom stereocenters. The summed E-state index contributed by atoms with van der Waals surface area (Å²) in [5.74, 6) is 0. The van der Waals surface area contributed by atoms with Gasteiger partial charge in [0.25, 0.3) is 0 Å². The average molecular weight is 566 g/mol. The summed E-state index contributed by atoms with van der Waals surface area (Å²) >= 11 is 3.47. The number of aldehydes is 1. The number of aromatic nitrogens is 2. The van der Waals surface area contributed by atoms with Gasteiger partial charge in [-0.3, -0.25) is 9.69 Å². The summed E-state index contributed by atoms with van der Waals surface area (Å²) in [6.45, 7) is 0.584. The number of anilines is 2. The fourth-order valence-corrected chi connectivity index (χ4v) is 4.33. The lowest BCUT2D eigenvalue weighted by molar-refractivity contribution is -0.119. The molecule has 0 saturated carbocycles. The summed E-state index contributed by atoms with van der Waals surface area (Å²) in [4.78, 5) is 24.2. The van der Waals surface area contributed by atoms with Gasteiger partial charge in [-0.15, -0.1) is 0 Å². The minimum absolute atomic E-state index is 0.0563. The van der Waals surface area contributed by atoms with E-state index in [9.17, 15) is 9.59 Å². The molecule has 10 heteroatoms. The second kappa shape index (κ2) is 12.5. The third-order valence-corrected chi connectivity index (χ3v) is 6.47. The summed E-state index contributed by atoms with van der Waals surface area (Å²) in [6.07, 6.45) is 6.76. The smallest absolute Gasteiger partial charge is 0.211 e. The highest BCUT2D eigenvalue weighted by Crippen LogP contribution is 2.33. The third kappa shape index (κ3) is 6.34. The van der Waals surface area contributed by atoms with Crippen molar-refractivity contribution in [2.75, 3.05) is 37.9 Å². The van der Waals surface area contributed by atoms with Crippen molar-refractivity contribution in [3.8, 4) is 16.9 Å². The van der Waals surface area contributed by atoms with E-state index in [1.807, 2.05) is 73.7 Å². The van der Waals surface area contributed by atoms with Crippen LogP contribution in [0, 0.1) is 0 Å². The van der Waals surface area contributed by atoms with E-state index in [-0.39, 0.29) is 6.61 Å². The zero-order valence-corrected chi connectivity index (χ0v) is 22.1. The number of carbonyl (C=O) groups excluding carboxylic acids is 2. The molecule has 2 heterocycles. The molecule has 9 nitrogen and oxygen atoms in total. The van der Waals surface area contributed by atoms with E-state index >= 15 is 0 Å². The van der Waals surface area contributed by atoms with Gasteiger partial charge in [0.05, 0.1) is 29.6 Å². The Morgan fingerprint density at radius 1 is 1.16 bits per heavy atom. The fraction of sp³-hybridized carbons (Fsp3) is 0.222. The number of carbonyl (C=O) groups is 2. The van der Waals surface area contributed by atoms with E-state index in [1.54, 1.807) is 17.2 Å². The number of hydrogen-bond acceptors (Lipinski definition) is 7. The largest absolute Gasteiger partial charge is 0.472 e. The third-order valence-electron chi connectivity index (χ3n) is 5.94. The van der Waals surface area contributed by atoms with Gasteiger partial charge in [0.15, 0.2) is 0 Å². The Hall–Kier alpha value is -3.73. The van der Waals surface area contributed by atoms with Gasteiger partial charge in [0.2, 0.25) is 6.41 Å². The van der Waals surface area contributed by atoms with Gasteiger partial charge in [0, 0.05) is 35.4 Å². The predicted octanol–water partition coefficient (Wildman–Crippen LogP) is 4.89. The monoisotopic (exact) mass is 565 g/mol. The maximum atomic E-state index is 11.2. The first-order chi connectivity index (χ1) is 18.0. The molecule has 0 radical (unpaired) electrons. The Balaban J connectivity index is 1.63. The zero-order valence-electron chi connectivity index (χ0n) is 20.6. The minimum Gasteiger partial charge on any atom is -0.472 e. The van der Waals surface area contributed by atoms with E-state index in [0.29, 0.717) is 24.3 Å². The number of furan rings is 1. The lowest BCUT2D eigenvalue weighted by Crippen LogP contribution is -2.29. The molecule has 2 N–H and O–H groups in total. The van der Waals surface area contributed by atoms with Crippen molar-refractivity contribution in [3.63, 3.8) is 0 Å². The van der Waals surface area contributed by atoms with E-state index in [2.05, 4.69) is 26.6 Å². The van der Waals surface area contributed by atoms with Crippen LogP contribution in [0.4, 0.5) is 11.4 Å². The second-order valence-corrected chi connectivity index (χ2v) is 9.26. The van der Waals surface area contributed by atoms with Crippen LogP contribution in [-0.2, 0) is 20.7 Å². The predicted molar refractivity (Wildman–Crippen MR) is 146 cm³/mol.